The van der Waals surface area contributed by atoms with Crippen LogP contribution in [-0.4, -0.2) is 12.4 Å². The maximum atomic E-state index is 8.71. The van der Waals surface area contributed by atoms with Gasteiger partial charge >= 0.3 is 0 Å². The van der Waals surface area contributed by atoms with Gasteiger partial charge in [0, 0.05) is 16.3 Å². The van der Waals surface area contributed by atoms with Gasteiger partial charge < -0.3 is 10.5 Å². The minimum absolute atomic E-state index is 0.625. The van der Waals surface area contributed by atoms with Crippen LogP contribution in [0.15, 0.2) is 47.4 Å². The van der Waals surface area contributed by atoms with Gasteiger partial charge in [-0.25, -0.2) is 0 Å². The Morgan fingerprint density at radius 3 is 2.60 bits per heavy atom. The molecule has 3 nitrogen and oxygen atoms in total. The van der Waals surface area contributed by atoms with E-state index in [0.29, 0.717) is 12.2 Å². The first-order valence-electron chi connectivity index (χ1n) is 6.31. The number of nitrogens with two attached hydrogens (primary N) is 1. The van der Waals surface area contributed by atoms with E-state index in [4.69, 9.17) is 15.7 Å². The number of anilines is 1. The van der Waals surface area contributed by atoms with Crippen molar-refractivity contribution in [2.24, 2.45) is 0 Å². The highest BCUT2D eigenvalue weighted by Crippen LogP contribution is 2.22. The predicted octanol–water partition coefficient (Wildman–Crippen LogP) is 3.62. The average Bonchev–Trinajstić information content (AvgIpc) is 2.48. The van der Waals surface area contributed by atoms with Crippen LogP contribution in [0.2, 0.25) is 0 Å². The van der Waals surface area contributed by atoms with Crippen LogP contribution >= 0.6 is 11.8 Å². The highest BCUT2D eigenvalue weighted by molar-refractivity contribution is 7.99. The third kappa shape index (κ3) is 3.94. The second kappa shape index (κ2) is 6.88. The van der Waals surface area contributed by atoms with E-state index in [-0.39, 0.29) is 0 Å². The fourth-order valence-corrected chi connectivity index (χ4v) is 2.51. The summed E-state index contributed by atoms with van der Waals surface area (Å²) in [7, 11) is 0. The molecule has 0 bridgehead atoms. The predicted molar refractivity (Wildman–Crippen MR) is 83.0 cm³/mol. The molecule has 0 unspecified atom stereocenters. The van der Waals surface area contributed by atoms with Crippen LogP contribution < -0.4 is 10.5 Å². The van der Waals surface area contributed by atoms with E-state index in [1.165, 1.54) is 4.90 Å². The lowest BCUT2D eigenvalue weighted by Gasteiger charge is -2.07. The van der Waals surface area contributed by atoms with Crippen LogP contribution in [0.3, 0.4) is 0 Å². The maximum absolute atomic E-state index is 8.71. The molecule has 2 aromatic carbocycles. The zero-order chi connectivity index (χ0) is 14.4. The minimum atomic E-state index is 0.625. The van der Waals surface area contributed by atoms with E-state index in [1.807, 2.05) is 31.2 Å². The van der Waals surface area contributed by atoms with Gasteiger partial charge in [0.1, 0.15) is 5.75 Å². The minimum Gasteiger partial charge on any atom is -0.493 e. The lowest BCUT2D eigenvalue weighted by molar-refractivity contribution is 0.344. The highest BCUT2D eigenvalue weighted by atomic mass is 32.2. The Bertz CT molecular complexity index is 617. The Hall–Kier alpha value is -2.12. The van der Waals surface area contributed by atoms with E-state index < -0.39 is 0 Å². The number of benzene rings is 2. The fraction of sp³-hybridized carbons (Fsp3) is 0.188. The molecule has 0 aliphatic rings. The van der Waals surface area contributed by atoms with E-state index in [0.717, 1.165) is 22.8 Å². The molecule has 102 valence electrons. The lowest BCUT2D eigenvalue weighted by Crippen LogP contribution is -2.00. The van der Waals surface area contributed by atoms with Crippen molar-refractivity contribution in [3.8, 4) is 11.8 Å². The van der Waals surface area contributed by atoms with Crippen LogP contribution in [0.25, 0.3) is 0 Å². The molecule has 20 heavy (non-hydrogen) atoms. The van der Waals surface area contributed by atoms with Gasteiger partial charge in [0.2, 0.25) is 0 Å². The van der Waals surface area contributed by atoms with E-state index >= 15 is 0 Å². The van der Waals surface area contributed by atoms with E-state index in [9.17, 15) is 0 Å². The van der Waals surface area contributed by atoms with Gasteiger partial charge in [0.25, 0.3) is 0 Å². The van der Waals surface area contributed by atoms with E-state index in [1.54, 1.807) is 23.9 Å². The summed E-state index contributed by atoms with van der Waals surface area (Å²) in [4.78, 5) is 1.19. The number of rotatable bonds is 5. The summed E-state index contributed by atoms with van der Waals surface area (Å²) in [6, 6.07) is 15.3. The number of nitrogens with zero attached hydrogens (tertiary/aromatic N) is 1. The fourth-order valence-electron chi connectivity index (χ4n) is 1.68. The molecule has 0 fully saturated rings. The van der Waals surface area contributed by atoms with Crippen LogP contribution in [0.5, 0.6) is 5.75 Å². The van der Waals surface area contributed by atoms with Crippen molar-refractivity contribution in [1.82, 2.24) is 0 Å². The normalized spacial score (nSPS) is 10.0. The first-order chi connectivity index (χ1) is 9.69. The topological polar surface area (TPSA) is 59.0 Å². The second-order valence-electron chi connectivity index (χ2n) is 4.35. The van der Waals surface area contributed by atoms with Crippen LogP contribution in [0.1, 0.15) is 11.1 Å². The average molecular weight is 284 g/mol. The largest absolute Gasteiger partial charge is 0.493 e. The molecular weight excluding hydrogens is 268 g/mol. The number of ether oxygens (including phenoxy) is 1. The molecule has 0 aliphatic heterocycles. The molecule has 4 heteroatoms. The van der Waals surface area contributed by atoms with Crippen molar-refractivity contribution in [1.29, 1.82) is 5.26 Å². The summed E-state index contributed by atoms with van der Waals surface area (Å²) in [6.07, 6.45) is 0. The molecule has 0 saturated carbocycles. The smallest absolute Gasteiger partial charge is 0.119 e. The Morgan fingerprint density at radius 2 is 1.95 bits per heavy atom. The maximum Gasteiger partial charge on any atom is 0.119 e. The SMILES string of the molecule is Cc1cc(SCCOc2ccc(C#N)cc2)ccc1N. The summed E-state index contributed by atoms with van der Waals surface area (Å²) in [5.74, 6) is 1.65. The second-order valence-corrected chi connectivity index (χ2v) is 5.52. The number of aryl methyl sites for hydroxylation is 1. The molecule has 0 saturated heterocycles. The zero-order valence-corrected chi connectivity index (χ0v) is 12.1. The van der Waals surface area contributed by atoms with E-state index in [2.05, 4.69) is 12.1 Å². The van der Waals surface area contributed by atoms with Gasteiger partial charge in [-0.1, -0.05) is 0 Å². The van der Waals surface area contributed by atoms with Crippen LogP contribution in [0.4, 0.5) is 5.69 Å². The van der Waals surface area contributed by atoms with Crippen molar-refractivity contribution in [2.45, 2.75) is 11.8 Å². The van der Waals surface area contributed by atoms with Gasteiger partial charge in [-0.3, -0.25) is 0 Å². The molecular formula is C16H16N2OS. The molecule has 0 amide bonds. The number of hydrogen-bond acceptors (Lipinski definition) is 4. The monoisotopic (exact) mass is 284 g/mol. The standard InChI is InChI=1S/C16H16N2OS/c1-12-10-15(6-7-16(12)18)20-9-8-19-14-4-2-13(11-17)3-5-14/h2-7,10H,8-9,18H2,1H3. The molecule has 0 aromatic heterocycles. The number of nitriles is 1. The first kappa shape index (κ1) is 14.3. The zero-order valence-electron chi connectivity index (χ0n) is 11.3. The van der Waals surface area contributed by atoms with Crippen LogP contribution in [0, 0.1) is 18.3 Å². The third-order valence-corrected chi connectivity index (χ3v) is 3.80. The van der Waals surface area contributed by atoms with Crippen molar-refractivity contribution >= 4 is 17.4 Å². The van der Waals surface area contributed by atoms with Crippen molar-refractivity contribution in [3.63, 3.8) is 0 Å². The molecule has 2 N–H and O–H groups in total. The van der Waals surface area contributed by atoms with Gasteiger partial charge in [-0.15, -0.1) is 11.8 Å². The Labute approximate surface area is 123 Å². The molecule has 0 aliphatic carbocycles. The summed E-state index contributed by atoms with van der Waals surface area (Å²) in [5, 5.41) is 8.71. The molecule has 0 atom stereocenters. The van der Waals surface area contributed by atoms with Crippen molar-refractivity contribution in [2.75, 3.05) is 18.1 Å². The summed E-state index contributed by atoms with van der Waals surface area (Å²) >= 11 is 1.74. The van der Waals surface area contributed by atoms with Gasteiger partial charge in [0.15, 0.2) is 0 Å². The molecule has 2 rings (SSSR count). The van der Waals surface area contributed by atoms with Gasteiger partial charge in [-0.05, 0) is 55.0 Å². The molecule has 0 heterocycles. The Kier molecular flexibility index (Phi) is 4.91. The first-order valence-corrected chi connectivity index (χ1v) is 7.29. The lowest BCUT2D eigenvalue weighted by atomic mass is 10.2. The number of hydrogen-bond donors (Lipinski definition) is 1. The Balaban J connectivity index is 1.78. The summed E-state index contributed by atoms with van der Waals surface area (Å²) in [5.41, 5.74) is 8.35. The third-order valence-electron chi connectivity index (χ3n) is 2.85. The summed E-state index contributed by atoms with van der Waals surface area (Å²) < 4.78 is 5.63. The van der Waals surface area contributed by atoms with Gasteiger partial charge in [-0.2, -0.15) is 5.26 Å². The number of thioether (sulfide) groups is 1. The molecule has 2 aromatic rings. The Morgan fingerprint density at radius 1 is 1.20 bits per heavy atom. The van der Waals surface area contributed by atoms with Crippen molar-refractivity contribution < 1.29 is 4.74 Å². The molecule has 0 spiro atoms. The molecule has 0 radical (unpaired) electrons. The number of nitrogen functional groups attached to an aromatic ring is 1. The highest BCUT2D eigenvalue weighted by Gasteiger charge is 1.99. The van der Waals surface area contributed by atoms with Crippen LogP contribution in [-0.2, 0) is 0 Å². The van der Waals surface area contributed by atoms with Gasteiger partial charge in [0.05, 0.1) is 18.2 Å². The quantitative estimate of drug-likeness (QED) is 0.517. The van der Waals surface area contributed by atoms with Crippen molar-refractivity contribution in [3.05, 3.63) is 53.6 Å². The summed E-state index contributed by atoms with van der Waals surface area (Å²) in [6.45, 7) is 2.63.